The molecule has 2 aromatic carbocycles. The van der Waals surface area contributed by atoms with Crippen molar-refractivity contribution in [3.63, 3.8) is 0 Å². The molecular formula is C24H27NO9. The zero-order chi connectivity index (χ0) is 24.5. The van der Waals surface area contributed by atoms with Gasteiger partial charge in [-0.05, 0) is 41.8 Å². The molecule has 0 bridgehead atoms. The monoisotopic (exact) mass is 473 g/mol. The van der Waals surface area contributed by atoms with Crippen molar-refractivity contribution in [3.8, 4) is 17.6 Å². The van der Waals surface area contributed by atoms with Gasteiger partial charge in [-0.1, -0.05) is 12.1 Å². The van der Waals surface area contributed by atoms with Crippen molar-refractivity contribution >= 4 is 0 Å². The number of nitrogens with zero attached hydrogens (tertiary/aromatic N) is 1. The molecule has 2 saturated heterocycles. The Morgan fingerprint density at radius 3 is 2.47 bits per heavy atom. The molecule has 2 fully saturated rings. The van der Waals surface area contributed by atoms with Gasteiger partial charge in [-0.3, -0.25) is 0 Å². The SMILES string of the molecule is N#Cc1cc(O[C@H]2CCOC2)c([C@]2(O)O[C@H](CO)[C@@H](O)[C@H](O)[C@H]2O)cc1Cc1ccc(O)cc1. The summed E-state index contributed by atoms with van der Waals surface area (Å²) < 4.78 is 16.9. The highest BCUT2D eigenvalue weighted by atomic mass is 16.7. The minimum atomic E-state index is -2.56. The zero-order valence-electron chi connectivity index (χ0n) is 18.2. The minimum absolute atomic E-state index is 0.0448. The number of aliphatic hydroxyl groups is 5. The Balaban J connectivity index is 1.81. The standard InChI is InChI=1S/C24H27NO9/c25-10-15-9-19(33-17-5-6-32-12-17)18(8-14(15)7-13-1-3-16(27)4-2-13)24(31)23(30)22(29)21(28)20(11-26)34-24/h1-4,8-9,17,20-23,26-31H,5-7,11-12H2/t17-,20+,21+,22-,23+,24-/m0/s1. The van der Waals surface area contributed by atoms with E-state index in [9.17, 15) is 35.9 Å². The Morgan fingerprint density at radius 1 is 1.12 bits per heavy atom. The Labute approximate surface area is 195 Å². The fourth-order valence-corrected chi connectivity index (χ4v) is 4.25. The van der Waals surface area contributed by atoms with E-state index in [0.717, 1.165) is 5.56 Å². The van der Waals surface area contributed by atoms with E-state index in [0.29, 0.717) is 25.2 Å². The summed E-state index contributed by atoms with van der Waals surface area (Å²) in [5, 5.41) is 71.6. The van der Waals surface area contributed by atoms with Crippen molar-refractivity contribution < 1.29 is 44.8 Å². The van der Waals surface area contributed by atoms with Crippen LogP contribution in [-0.2, 0) is 21.7 Å². The summed E-state index contributed by atoms with van der Waals surface area (Å²) in [5.41, 5.74) is 1.41. The Morgan fingerprint density at radius 2 is 1.85 bits per heavy atom. The van der Waals surface area contributed by atoms with Gasteiger partial charge in [0.25, 0.3) is 0 Å². The molecule has 0 radical (unpaired) electrons. The van der Waals surface area contributed by atoms with Crippen molar-refractivity contribution in [2.24, 2.45) is 0 Å². The van der Waals surface area contributed by atoms with Crippen LogP contribution in [-0.4, -0.2) is 81.0 Å². The Hall–Kier alpha value is -2.75. The first-order valence-corrected chi connectivity index (χ1v) is 10.9. The van der Waals surface area contributed by atoms with Crippen LogP contribution in [0.4, 0.5) is 0 Å². The third kappa shape index (κ3) is 4.60. The maximum Gasteiger partial charge on any atom is 0.226 e. The summed E-state index contributed by atoms with van der Waals surface area (Å²) >= 11 is 0. The summed E-state index contributed by atoms with van der Waals surface area (Å²) in [6, 6.07) is 11.3. The van der Waals surface area contributed by atoms with Crippen LogP contribution in [0.15, 0.2) is 36.4 Å². The number of hydrogen-bond donors (Lipinski definition) is 6. The average molecular weight is 473 g/mol. The lowest BCUT2D eigenvalue weighted by Gasteiger charge is -2.46. The fraction of sp³-hybridized carbons (Fsp3) is 0.458. The largest absolute Gasteiger partial charge is 0.508 e. The summed E-state index contributed by atoms with van der Waals surface area (Å²) in [6.45, 7) is 0.0422. The topological polar surface area (TPSA) is 173 Å². The van der Waals surface area contributed by atoms with Gasteiger partial charge in [-0.15, -0.1) is 0 Å². The quantitative estimate of drug-likeness (QED) is 0.325. The van der Waals surface area contributed by atoms with Gasteiger partial charge in [0.15, 0.2) is 0 Å². The molecule has 0 spiro atoms. The van der Waals surface area contributed by atoms with Crippen molar-refractivity contribution in [1.29, 1.82) is 5.26 Å². The average Bonchev–Trinajstić information content (AvgIpc) is 3.35. The minimum Gasteiger partial charge on any atom is -0.508 e. The molecule has 2 aliphatic rings. The van der Waals surface area contributed by atoms with Gasteiger partial charge in [0.2, 0.25) is 5.79 Å². The molecule has 0 saturated carbocycles. The second-order valence-corrected chi connectivity index (χ2v) is 8.53. The number of phenols is 1. The van der Waals surface area contributed by atoms with E-state index in [4.69, 9.17) is 14.2 Å². The molecule has 2 aliphatic heterocycles. The lowest BCUT2D eigenvalue weighted by atomic mass is 9.85. The van der Waals surface area contributed by atoms with E-state index in [1.165, 1.54) is 24.3 Å². The summed E-state index contributed by atoms with van der Waals surface area (Å²) in [5.74, 6) is -2.43. The van der Waals surface area contributed by atoms with Gasteiger partial charge in [0, 0.05) is 6.42 Å². The van der Waals surface area contributed by atoms with Crippen LogP contribution in [0, 0.1) is 11.3 Å². The third-order valence-electron chi connectivity index (χ3n) is 6.19. The Bertz CT molecular complexity index is 1050. The smallest absolute Gasteiger partial charge is 0.226 e. The predicted octanol–water partition coefficient (Wildman–Crippen LogP) is -0.359. The lowest BCUT2D eigenvalue weighted by Crippen LogP contribution is -2.63. The number of aliphatic hydroxyl groups excluding tert-OH is 4. The van der Waals surface area contributed by atoms with Crippen LogP contribution in [0.3, 0.4) is 0 Å². The molecule has 34 heavy (non-hydrogen) atoms. The molecule has 0 aliphatic carbocycles. The second-order valence-electron chi connectivity index (χ2n) is 8.53. The van der Waals surface area contributed by atoms with Gasteiger partial charge < -0.3 is 44.8 Å². The Kier molecular flexibility index (Phi) is 7.06. The van der Waals surface area contributed by atoms with Gasteiger partial charge in [0.1, 0.15) is 42.0 Å². The fourth-order valence-electron chi connectivity index (χ4n) is 4.25. The molecule has 182 valence electrons. The second kappa shape index (κ2) is 9.85. The van der Waals surface area contributed by atoms with E-state index in [2.05, 4.69) is 6.07 Å². The van der Waals surface area contributed by atoms with Gasteiger partial charge in [0.05, 0.1) is 37.0 Å². The lowest BCUT2D eigenvalue weighted by molar-refractivity contribution is -0.358. The van der Waals surface area contributed by atoms with E-state index >= 15 is 0 Å². The van der Waals surface area contributed by atoms with Crippen molar-refractivity contribution in [1.82, 2.24) is 0 Å². The number of nitriles is 1. The number of aromatic hydroxyl groups is 1. The first kappa shape index (κ1) is 24.4. The van der Waals surface area contributed by atoms with Crippen molar-refractivity contribution in [2.75, 3.05) is 19.8 Å². The van der Waals surface area contributed by atoms with Crippen molar-refractivity contribution in [2.45, 2.75) is 49.1 Å². The van der Waals surface area contributed by atoms with E-state index in [1.54, 1.807) is 12.1 Å². The van der Waals surface area contributed by atoms with Crippen LogP contribution in [0.5, 0.6) is 11.5 Å². The predicted molar refractivity (Wildman–Crippen MR) is 116 cm³/mol. The summed E-state index contributed by atoms with van der Waals surface area (Å²) in [6.07, 6.45) is -6.40. The number of hydrogen-bond acceptors (Lipinski definition) is 10. The third-order valence-corrected chi connectivity index (χ3v) is 6.19. The maximum atomic E-state index is 11.5. The van der Waals surface area contributed by atoms with Crippen molar-refractivity contribution in [3.05, 3.63) is 58.7 Å². The van der Waals surface area contributed by atoms with E-state index in [-0.39, 0.29) is 35.2 Å². The molecule has 0 aromatic heterocycles. The van der Waals surface area contributed by atoms with E-state index in [1.807, 2.05) is 0 Å². The highest BCUT2D eigenvalue weighted by molar-refractivity contribution is 5.52. The zero-order valence-corrected chi connectivity index (χ0v) is 18.2. The number of benzene rings is 2. The molecular weight excluding hydrogens is 446 g/mol. The molecule has 4 rings (SSSR count). The van der Waals surface area contributed by atoms with Crippen LogP contribution in [0.2, 0.25) is 0 Å². The van der Waals surface area contributed by atoms with Crippen LogP contribution >= 0.6 is 0 Å². The molecule has 10 nitrogen and oxygen atoms in total. The molecule has 2 aromatic rings. The summed E-state index contributed by atoms with van der Waals surface area (Å²) in [4.78, 5) is 0. The number of rotatable bonds is 6. The van der Waals surface area contributed by atoms with Crippen LogP contribution in [0.25, 0.3) is 0 Å². The number of phenolic OH excluding ortho intramolecular Hbond substituents is 1. The highest BCUT2D eigenvalue weighted by Gasteiger charge is 2.55. The molecule has 6 atom stereocenters. The highest BCUT2D eigenvalue weighted by Crippen LogP contribution is 2.42. The maximum absolute atomic E-state index is 11.5. The first-order chi connectivity index (χ1) is 16.3. The molecule has 0 unspecified atom stereocenters. The molecule has 2 heterocycles. The molecule has 10 heteroatoms. The first-order valence-electron chi connectivity index (χ1n) is 10.9. The van der Waals surface area contributed by atoms with Crippen LogP contribution < -0.4 is 4.74 Å². The van der Waals surface area contributed by atoms with E-state index < -0.39 is 36.8 Å². The molecule has 0 amide bonds. The van der Waals surface area contributed by atoms with Crippen LogP contribution in [0.1, 0.15) is 28.7 Å². The summed E-state index contributed by atoms with van der Waals surface area (Å²) in [7, 11) is 0. The number of ether oxygens (including phenoxy) is 3. The van der Waals surface area contributed by atoms with Gasteiger partial charge in [-0.2, -0.15) is 5.26 Å². The normalized spacial score (nSPS) is 31.2. The molecule has 6 N–H and O–H groups in total. The van der Waals surface area contributed by atoms with Gasteiger partial charge in [-0.25, -0.2) is 0 Å². The van der Waals surface area contributed by atoms with Gasteiger partial charge >= 0.3 is 0 Å².